The fourth-order valence-electron chi connectivity index (χ4n) is 3.17. The molecule has 1 aromatic carbocycles. The molecule has 1 aliphatic rings. The average molecular weight is 339 g/mol. The van der Waals surface area contributed by atoms with E-state index in [1.54, 1.807) is 6.20 Å². The van der Waals surface area contributed by atoms with Crippen LogP contribution in [0.15, 0.2) is 48.7 Å². The molecular weight excluding hydrogens is 314 g/mol. The molecule has 132 valence electrons. The lowest BCUT2D eigenvalue weighted by Gasteiger charge is -2.14. The monoisotopic (exact) mass is 339 g/mol. The smallest absolute Gasteiger partial charge is 0.220 e. The van der Waals surface area contributed by atoms with Crippen LogP contribution in [0, 0.1) is 5.92 Å². The minimum absolute atomic E-state index is 0.0813. The van der Waals surface area contributed by atoms with Crippen molar-refractivity contribution in [3.63, 3.8) is 0 Å². The number of pyridine rings is 1. The zero-order valence-electron chi connectivity index (χ0n) is 14.4. The van der Waals surface area contributed by atoms with Crippen LogP contribution >= 0.6 is 0 Å². The zero-order valence-corrected chi connectivity index (χ0v) is 14.4. The molecule has 1 heterocycles. The fraction of sp³-hybridized carbons (Fsp3) is 0.400. The van der Waals surface area contributed by atoms with Crippen molar-refractivity contribution in [1.82, 2.24) is 10.3 Å². The number of carbonyl (C=O) groups is 1. The Kier molecular flexibility index (Phi) is 6.01. The minimum atomic E-state index is 0.0813. The Morgan fingerprint density at radius 2 is 2.04 bits per heavy atom. The van der Waals surface area contributed by atoms with E-state index in [9.17, 15) is 4.79 Å². The molecule has 0 unspecified atom stereocenters. The van der Waals surface area contributed by atoms with Gasteiger partial charge < -0.3 is 15.8 Å². The van der Waals surface area contributed by atoms with Gasteiger partial charge in [-0.15, -0.1) is 0 Å². The van der Waals surface area contributed by atoms with Crippen molar-refractivity contribution in [1.29, 1.82) is 0 Å². The summed E-state index contributed by atoms with van der Waals surface area (Å²) in [5, 5.41) is 2.98. The van der Waals surface area contributed by atoms with E-state index < -0.39 is 0 Å². The van der Waals surface area contributed by atoms with Crippen LogP contribution in [0.1, 0.15) is 36.9 Å². The lowest BCUT2D eigenvalue weighted by Crippen LogP contribution is -2.31. The quantitative estimate of drug-likeness (QED) is 0.813. The number of aromatic nitrogens is 1. The van der Waals surface area contributed by atoms with Gasteiger partial charge in [0, 0.05) is 25.2 Å². The van der Waals surface area contributed by atoms with Crippen LogP contribution in [-0.4, -0.2) is 16.9 Å². The second kappa shape index (κ2) is 8.62. The Morgan fingerprint density at radius 3 is 2.72 bits per heavy atom. The van der Waals surface area contributed by atoms with E-state index in [4.69, 9.17) is 10.5 Å². The lowest BCUT2D eigenvalue weighted by molar-refractivity contribution is -0.122. The van der Waals surface area contributed by atoms with Crippen LogP contribution in [0.2, 0.25) is 0 Å². The predicted octanol–water partition coefficient (Wildman–Crippen LogP) is 2.79. The molecule has 1 amide bonds. The summed E-state index contributed by atoms with van der Waals surface area (Å²) in [5.41, 5.74) is 7.97. The van der Waals surface area contributed by atoms with Gasteiger partial charge in [-0.05, 0) is 48.6 Å². The van der Waals surface area contributed by atoms with Crippen LogP contribution in [-0.2, 0) is 17.9 Å². The van der Waals surface area contributed by atoms with Crippen LogP contribution in [0.25, 0.3) is 0 Å². The lowest BCUT2D eigenvalue weighted by atomic mass is 10.00. The Morgan fingerprint density at radius 1 is 1.20 bits per heavy atom. The predicted molar refractivity (Wildman–Crippen MR) is 96.8 cm³/mol. The van der Waals surface area contributed by atoms with E-state index in [2.05, 4.69) is 10.3 Å². The van der Waals surface area contributed by atoms with E-state index in [1.165, 1.54) is 0 Å². The maximum absolute atomic E-state index is 12.0. The number of amides is 1. The molecule has 1 aliphatic carbocycles. The van der Waals surface area contributed by atoms with Gasteiger partial charge in [0.15, 0.2) is 0 Å². The van der Waals surface area contributed by atoms with E-state index in [0.29, 0.717) is 25.5 Å². The molecule has 25 heavy (non-hydrogen) atoms. The highest BCUT2D eigenvalue weighted by molar-refractivity contribution is 5.76. The van der Waals surface area contributed by atoms with E-state index in [0.717, 1.165) is 36.3 Å². The number of nitrogens with zero attached hydrogens (tertiary/aromatic N) is 1. The molecule has 5 nitrogen and oxygen atoms in total. The van der Waals surface area contributed by atoms with Crippen molar-refractivity contribution in [2.24, 2.45) is 11.7 Å². The number of carbonyl (C=O) groups excluding carboxylic acids is 1. The third-order valence-electron chi connectivity index (χ3n) is 4.69. The number of nitrogens with two attached hydrogens (primary N) is 1. The molecule has 0 aliphatic heterocycles. The van der Waals surface area contributed by atoms with Gasteiger partial charge in [0.05, 0.1) is 5.69 Å². The first-order chi connectivity index (χ1) is 12.2. The maximum Gasteiger partial charge on any atom is 0.220 e. The largest absolute Gasteiger partial charge is 0.487 e. The Hall–Kier alpha value is -2.40. The van der Waals surface area contributed by atoms with Crippen LogP contribution in [0.3, 0.4) is 0 Å². The summed E-state index contributed by atoms with van der Waals surface area (Å²) < 4.78 is 5.71. The Labute approximate surface area is 148 Å². The van der Waals surface area contributed by atoms with Crippen LogP contribution in [0.5, 0.6) is 5.75 Å². The van der Waals surface area contributed by atoms with Gasteiger partial charge >= 0.3 is 0 Å². The van der Waals surface area contributed by atoms with Crippen molar-refractivity contribution >= 4 is 5.91 Å². The molecule has 1 saturated carbocycles. The molecular formula is C20H25N3O2. The third-order valence-corrected chi connectivity index (χ3v) is 4.69. The number of hydrogen-bond acceptors (Lipinski definition) is 4. The number of rotatable bonds is 7. The Balaban J connectivity index is 1.42. The van der Waals surface area contributed by atoms with Crippen LogP contribution < -0.4 is 15.8 Å². The highest BCUT2D eigenvalue weighted by Crippen LogP contribution is 2.26. The molecule has 5 heteroatoms. The summed E-state index contributed by atoms with van der Waals surface area (Å²) in [7, 11) is 0. The molecule has 3 N–H and O–H groups in total. The normalized spacial score (nSPS) is 19.6. The van der Waals surface area contributed by atoms with Gasteiger partial charge in [0.25, 0.3) is 0 Å². The molecule has 0 radical (unpaired) electrons. The van der Waals surface area contributed by atoms with Crippen molar-refractivity contribution in [3.05, 3.63) is 59.9 Å². The van der Waals surface area contributed by atoms with Crippen LogP contribution in [0.4, 0.5) is 0 Å². The van der Waals surface area contributed by atoms with E-state index in [-0.39, 0.29) is 11.9 Å². The topological polar surface area (TPSA) is 77.2 Å². The number of nitrogens with one attached hydrogen (secondary N) is 1. The number of ether oxygens (including phenoxy) is 1. The molecule has 2 atom stereocenters. The fourth-order valence-corrected chi connectivity index (χ4v) is 3.17. The zero-order chi connectivity index (χ0) is 17.5. The molecule has 1 aromatic heterocycles. The molecule has 0 saturated heterocycles. The van der Waals surface area contributed by atoms with Gasteiger partial charge in [0.1, 0.15) is 12.4 Å². The number of hydrogen-bond donors (Lipinski definition) is 2. The molecule has 1 fully saturated rings. The molecule has 0 bridgehead atoms. The first-order valence-electron chi connectivity index (χ1n) is 8.84. The SMILES string of the molecule is N[C@@H]1CCC[C@H]1CC(=O)NCc1ccc(OCc2ccccn2)cc1. The van der Waals surface area contributed by atoms with Gasteiger partial charge in [-0.1, -0.05) is 24.6 Å². The van der Waals surface area contributed by atoms with Gasteiger partial charge in [-0.3, -0.25) is 9.78 Å². The molecule has 0 spiro atoms. The van der Waals surface area contributed by atoms with Gasteiger partial charge in [-0.2, -0.15) is 0 Å². The maximum atomic E-state index is 12.0. The molecule has 2 aromatic rings. The second-order valence-corrected chi connectivity index (χ2v) is 6.59. The van der Waals surface area contributed by atoms with Gasteiger partial charge in [0.2, 0.25) is 5.91 Å². The summed E-state index contributed by atoms with van der Waals surface area (Å²) >= 11 is 0. The summed E-state index contributed by atoms with van der Waals surface area (Å²) in [6.45, 7) is 0.972. The second-order valence-electron chi connectivity index (χ2n) is 6.59. The first kappa shape index (κ1) is 17.4. The van der Waals surface area contributed by atoms with E-state index in [1.807, 2.05) is 42.5 Å². The standard InChI is InChI=1S/C20H25N3O2/c21-19-6-3-4-16(19)12-20(24)23-13-15-7-9-18(10-8-15)25-14-17-5-1-2-11-22-17/h1-2,5,7-11,16,19H,3-4,6,12-14,21H2,(H,23,24)/t16-,19+/m0/s1. The Bertz CT molecular complexity index is 673. The minimum Gasteiger partial charge on any atom is -0.487 e. The summed E-state index contributed by atoms with van der Waals surface area (Å²) in [6, 6.07) is 13.7. The molecule has 3 rings (SSSR count). The average Bonchev–Trinajstić information content (AvgIpc) is 3.04. The van der Waals surface area contributed by atoms with Crippen molar-refractivity contribution < 1.29 is 9.53 Å². The highest BCUT2D eigenvalue weighted by atomic mass is 16.5. The number of benzene rings is 1. The van der Waals surface area contributed by atoms with Crippen molar-refractivity contribution in [3.8, 4) is 5.75 Å². The highest BCUT2D eigenvalue weighted by Gasteiger charge is 2.25. The first-order valence-corrected chi connectivity index (χ1v) is 8.84. The van der Waals surface area contributed by atoms with Crippen molar-refractivity contribution in [2.45, 2.75) is 44.9 Å². The summed E-state index contributed by atoms with van der Waals surface area (Å²) in [6.07, 6.45) is 5.53. The summed E-state index contributed by atoms with van der Waals surface area (Å²) in [4.78, 5) is 16.3. The van der Waals surface area contributed by atoms with Gasteiger partial charge in [-0.25, -0.2) is 0 Å². The van der Waals surface area contributed by atoms with Crippen molar-refractivity contribution in [2.75, 3.05) is 0 Å². The summed E-state index contributed by atoms with van der Waals surface area (Å²) in [5.74, 6) is 1.21. The third kappa shape index (κ3) is 5.29. The van der Waals surface area contributed by atoms with E-state index >= 15 is 0 Å².